The average Bonchev–Trinajstić information content (AvgIpc) is 2.97. The minimum atomic E-state index is 0.314. The van der Waals surface area contributed by atoms with Gasteiger partial charge in [0.05, 0.1) is 18.2 Å². The molecule has 0 radical (unpaired) electrons. The molecule has 0 atom stereocenters. The standard InChI is InChI=1S/C12H18N6/c1-7(2)17-6-15-5-9(17)10-11(13)18(14)12(16-10)8-3-4-8/h5-8H,3-4,13-14H2,1-2H3. The van der Waals surface area contributed by atoms with Crippen LogP contribution in [0, 0.1) is 0 Å². The summed E-state index contributed by atoms with van der Waals surface area (Å²) in [5.41, 5.74) is 7.73. The van der Waals surface area contributed by atoms with Crippen LogP contribution in [0.15, 0.2) is 12.5 Å². The van der Waals surface area contributed by atoms with E-state index in [0.29, 0.717) is 17.8 Å². The van der Waals surface area contributed by atoms with Crippen LogP contribution in [0.3, 0.4) is 0 Å². The quantitative estimate of drug-likeness (QED) is 0.803. The van der Waals surface area contributed by atoms with Gasteiger partial charge in [0, 0.05) is 12.0 Å². The van der Waals surface area contributed by atoms with E-state index in [9.17, 15) is 0 Å². The molecule has 4 N–H and O–H groups in total. The molecule has 1 fully saturated rings. The van der Waals surface area contributed by atoms with E-state index in [1.165, 1.54) is 4.68 Å². The van der Waals surface area contributed by atoms with E-state index >= 15 is 0 Å². The molecule has 3 rings (SSSR count). The highest BCUT2D eigenvalue weighted by molar-refractivity contribution is 5.68. The van der Waals surface area contributed by atoms with Crippen molar-refractivity contribution in [3.05, 3.63) is 18.3 Å². The van der Waals surface area contributed by atoms with Crippen molar-refractivity contribution in [1.82, 2.24) is 19.2 Å². The number of aromatic nitrogens is 4. The second kappa shape index (κ2) is 3.76. The van der Waals surface area contributed by atoms with Crippen LogP contribution < -0.4 is 11.6 Å². The average molecular weight is 246 g/mol. The highest BCUT2D eigenvalue weighted by Gasteiger charge is 2.31. The SMILES string of the molecule is CC(C)n1cncc1-c1nc(C2CC2)n(N)c1N. The van der Waals surface area contributed by atoms with Crippen LogP contribution in [0.1, 0.15) is 44.5 Å². The van der Waals surface area contributed by atoms with Crippen LogP contribution in [0.2, 0.25) is 0 Å². The first-order valence-electron chi connectivity index (χ1n) is 6.25. The highest BCUT2D eigenvalue weighted by Crippen LogP contribution is 2.41. The zero-order valence-corrected chi connectivity index (χ0v) is 10.7. The summed E-state index contributed by atoms with van der Waals surface area (Å²) in [6, 6.07) is 0.314. The van der Waals surface area contributed by atoms with Gasteiger partial charge in [-0.3, -0.25) is 0 Å². The zero-order chi connectivity index (χ0) is 12.9. The lowest BCUT2D eigenvalue weighted by atomic mass is 10.3. The smallest absolute Gasteiger partial charge is 0.152 e. The minimum absolute atomic E-state index is 0.314. The van der Waals surface area contributed by atoms with Crippen molar-refractivity contribution in [2.75, 3.05) is 11.6 Å². The van der Waals surface area contributed by atoms with Crippen molar-refractivity contribution in [3.63, 3.8) is 0 Å². The molecule has 96 valence electrons. The molecular weight excluding hydrogens is 228 g/mol. The molecule has 1 aliphatic carbocycles. The summed E-state index contributed by atoms with van der Waals surface area (Å²) < 4.78 is 3.57. The van der Waals surface area contributed by atoms with E-state index in [1.54, 1.807) is 12.5 Å². The maximum absolute atomic E-state index is 6.06. The molecule has 2 aromatic heterocycles. The molecule has 0 aromatic carbocycles. The molecule has 0 spiro atoms. The van der Waals surface area contributed by atoms with Gasteiger partial charge in [0.2, 0.25) is 0 Å². The first-order valence-corrected chi connectivity index (χ1v) is 6.25. The Labute approximate surface area is 106 Å². The molecular formula is C12H18N6. The van der Waals surface area contributed by atoms with Gasteiger partial charge >= 0.3 is 0 Å². The summed E-state index contributed by atoms with van der Waals surface area (Å²) >= 11 is 0. The number of nitrogen functional groups attached to an aromatic ring is 2. The predicted molar refractivity (Wildman–Crippen MR) is 70.4 cm³/mol. The van der Waals surface area contributed by atoms with Gasteiger partial charge in [0.15, 0.2) is 5.82 Å². The fourth-order valence-corrected chi connectivity index (χ4v) is 2.18. The number of nitrogens with zero attached hydrogens (tertiary/aromatic N) is 4. The number of anilines is 1. The van der Waals surface area contributed by atoms with Gasteiger partial charge in [0.25, 0.3) is 0 Å². The Bertz CT molecular complexity index is 575. The van der Waals surface area contributed by atoms with Gasteiger partial charge in [-0.25, -0.2) is 14.6 Å². The van der Waals surface area contributed by atoms with Gasteiger partial charge < -0.3 is 16.1 Å². The number of hydrogen-bond acceptors (Lipinski definition) is 4. The van der Waals surface area contributed by atoms with Crippen LogP contribution >= 0.6 is 0 Å². The number of imidazole rings is 2. The molecule has 0 saturated heterocycles. The van der Waals surface area contributed by atoms with Crippen molar-refractivity contribution in [2.45, 2.75) is 38.6 Å². The summed E-state index contributed by atoms with van der Waals surface area (Å²) in [5.74, 6) is 7.85. The van der Waals surface area contributed by atoms with Crippen LogP contribution in [0.25, 0.3) is 11.4 Å². The van der Waals surface area contributed by atoms with Crippen LogP contribution in [-0.2, 0) is 0 Å². The first kappa shape index (κ1) is 11.1. The van der Waals surface area contributed by atoms with Crippen molar-refractivity contribution in [1.29, 1.82) is 0 Å². The fraction of sp³-hybridized carbons (Fsp3) is 0.500. The molecule has 2 heterocycles. The van der Waals surface area contributed by atoms with Crippen LogP contribution in [0.4, 0.5) is 5.82 Å². The van der Waals surface area contributed by atoms with E-state index in [0.717, 1.165) is 30.1 Å². The van der Waals surface area contributed by atoms with E-state index in [2.05, 4.69) is 28.4 Å². The molecule has 6 heteroatoms. The van der Waals surface area contributed by atoms with E-state index in [4.69, 9.17) is 11.6 Å². The second-order valence-corrected chi connectivity index (χ2v) is 5.13. The topological polar surface area (TPSA) is 87.7 Å². The summed E-state index contributed by atoms with van der Waals surface area (Å²) in [6.45, 7) is 4.20. The molecule has 2 aromatic rings. The van der Waals surface area contributed by atoms with E-state index in [-0.39, 0.29) is 0 Å². The Kier molecular flexibility index (Phi) is 2.33. The Hall–Kier alpha value is -1.98. The Morgan fingerprint density at radius 1 is 1.39 bits per heavy atom. The monoisotopic (exact) mass is 246 g/mol. The molecule has 6 nitrogen and oxygen atoms in total. The summed E-state index contributed by atoms with van der Waals surface area (Å²) in [7, 11) is 0. The number of rotatable bonds is 3. The van der Waals surface area contributed by atoms with Crippen molar-refractivity contribution in [2.24, 2.45) is 0 Å². The summed E-state index contributed by atoms with van der Waals surface area (Å²) in [6.07, 6.45) is 5.88. The van der Waals surface area contributed by atoms with Gasteiger partial charge in [0.1, 0.15) is 11.5 Å². The normalized spacial score (nSPS) is 15.5. The highest BCUT2D eigenvalue weighted by atomic mass is 15.4. The molecule has 1 saturated carbocycles. The van der Waals surface area contributed by atoms with Gasteiger partial charge in [-0.1, -0.05) is 0 Å². The molecule has 0 bridgehead atoms. The molecule has 0 unspecified atom stereocenters. The van der Waals surface area contributed by atoms with Crippen molar-refractivity contribution < 1.29 is 0 Å². The molecule has 18 heavy (non-hydrogen) atoms. The Morgan fingerprint density at radius 3 is 2.72 bits per heavy atom. The lowest BCUT2D eigenvalue weighted by Gasteiger charge is -2.10. The number of nitrogens with two attached hydrogens (primary N) is 2. The summed E-state index contributed by atoms with van der Waals surface area (Å²) in [5, 5.41) is 0. The van der Waals surface area contributed by atoms with Gasteiger partial charge in [-0.2, -0.15) is 0 Å². The zero-order valence-electron chi connectivity index (χ0n) is 10.7. The summed E-state index contributed by atoms with van der Waals surface area (Å²) in [4.78, 5) is 8.79. The lowest BCUT2D eigenvalue weighted by Crippen LogP contribution is -2.15. The molecule has 1 aliphatic rings. The first-order chi connectivity index (χ1) is 8.59. The minimum Gasteiger partial charge on any atom is -0.382 e. The second-order valence-electron chi connectivity index (χ2n) is 5.13. The lowest BCUT2D eigenvalue weighted by molar-refractivity contribution is 0.604. The largest absolute Gasteiger partial charge is 0.382 e. The number of hydrogen-bond donors (Lipinski definition) is 2. The van der Waals surface area contributed by atoms with E-state index in [1.807, 2.05) is 0 Å². The maximum atomic E-state index is 6.06. The van der Waals surface area contributed by atoms with Gasteiger partial charge in [-0.15, -0.1) is 0 Å². The fourth-order valence-electron chi connectivity index (χ4n) is 2.18. The Balaban J connectivity index is 2.11. The van der Waals surface area contributed by atoms with E-state index < -0.39 is 0 Å². The van der Waals surface area contributed by atoms with Gasteiger partial charge in [-0.05, 0) is 26.7 Å². The maximum Gasteiger partial charge on any atom is 0.152 e. The van der Waals surface area contributed by atoms with Crippen molar-refractivity contribution in [3.8, 4) is 11.4 Å². The Morgan fingerprint density at radius 2 is 2.11 bits per heavy atom. The molecule has 0 aliphatic heterocycles. The predicted octanol–water partition coefficient (Wildman–Crippen LogP) is 1.50. The van der Waals surface area contributed by atoms with Crippen LogP contribution in [-0.4, -0.2) is 19.2 Å². The van der Waals surface area contributed by atoms with Crippen molar-refractivity contribution >= 4 is 5.82 Å². The molecule has 0 amide bonds. The third-order valence-corrected chi connectivity index (χ3v) is 3.38. The van der Waals surface area contributed by atoms with Crippen LogP contribution in [0.5, 0.6) is 0 Å². The third-order valence-electron chi connectivity index (χ3n) is 3.38. The third kappa shape index (κ3) is 1.56.